The summed E-state index contributed by atoms with van der Waals surface area (Å²) in [4.78, 5) is 25.5. The van der Waals surface area contributed by atoms with E-state index < -0.39 is 27.7 Å². The predicted octanol–water partition coefficient (Wildman–Crippen LogP) is 0.480. The van der Waals surface area contributed by atoms with Crippen molar-refractivity contribution in [2.24, 2.45) is 5.73 Å². The molecule has 1 aliphatic rings. The van der Waals surface area contributed by atoms with Crippen molar-refractivity contribution < 1.29 is 27.5 Å². The van der Waals surface area contributed by atoms with Crippen molar-refractivity contribution in [1.82, 2.24) is 4.90 Å². The highest BCUT2D eigenvalue weighted by atomic mass is 35.5. The van der Waals surface area contributed by atoms with Crippen LogP contribution in [0.1, 0.15) is 16.8 Å². The first-order valence-electron chi connectivity index (χ1n) is 7.94. The van der Waals surface area contributed by atoms with Gasteiger partial charge in [0.2, 0.25) is 0 Å². The van der Waals surface area contributed by atoms with Crippen LogP contribution in [0.3, 0.4) is 0 Å². The Bertz CT molecular complexity index is 783. The van der Waals surface area contributed by atoms with Gasteiger partial charge in [-0.2, -0.15) is 0 Å². The Hall–Kier alpha value is -1.84. The molecule has 0 saturated carbocycles. The fraction of sp³-hybridized carbons (Fsp3) is 0.500. The summed E-state index contributed by atoms with van der Waals surface area (Å²) in [5.41, 5.74) is 5.36. The second-order valence-electron chi connectivity index (χ2n) is 5.93. The van der Waals surface area contributed by atoms with Crippen LogP contribution in [0.2, 0.25) is 5.02 Å². The summed E-state index contributed by atoms with van der Waals surface area (Å²) in [6.07, 6.45) is 0.380. The fourth-order valence-corrected chi connectivity index (χ4v) is 4.67. The molecule has 1 aromatic rings. The van der Waals surface area contributed by atoms with Crippen molar-refractivity contribution in [3.8, 4) is 5.75 Å². The van der Waals surface area contributed by atoms with Gasteiger partial charge in [0.05, 0.1) is 23.7 Å². The van der Waals surface area contributed by atoms with E-state index in [9.17, 15) is 18.0 Å². The van der Waals surface area contributed by atoms with Crippen LogP contribution in [0.15, 0.2) is 18.2 Å². The highest BCUT2D eigenvalue weighted by Gasteiger charge is 2.34. The molecule has 1 saturated heterocycles. The number of sulfone groups is 1. The minimum Gasteiger partial charge on any atom is -0.483 e. The zero-order valence-electron chi connectivity index (χ0n) is 14.3. The maximum atomic E-state index is 12.6. The molecule has 8 nitrogen and oxygen atoms in total. The third-order valence-electron chi connectivity index (χ3n) is 4.06. The standard InChI is InChI=1S/C16H21ClN2O6S/c1-24-6-5-19(12-4-7-26(22,23)10-12)15(20)9-25-14-3-2-11(17)8-13(14)16(18)21/h2-3,8,12H,4-7,9-10H2,1H3,(H2,18,21)/t12-/m0/s1. The van der Waals surface area contributed by atoms with Gasteiger partial charge in [0.15, 0.2) is 16.4 Å². The Labute approximate surface area is 157 Å². The highest BCUT2D eigenvalue weighted by molar-refractivity contribution is 7.91. The highest BCUT2D eigenvalue weighted by Crippen LogP contribution is 2.23. The maximum Gasteiger partial charge on any atom is 0.260 e. The molecule has 144 valence electrons. The zero-order chi connectivity index (χ0) is 19.3. The minimum atomic E-state index is -3.14. The first-order valence-corrected chi connectivity index (χ1v) is 10.1. The van der Waals surface area contributed by atoms with Gasteiger partial charge in [-0.15, -0.1) is 0 Å². The molecule has 10 heteroatoms. The Morgan fingerprint density at radius 1 is 1.38 bits per heavy atom. The normalized spacial score (nSPS) is 18.5. The smallest absolute Gasteiger partial charge is 0.260 e. The Balaban J connectivity index is 2.09. The molecule has 0 aromatic heterocycles. The molecule has 1 heterocycles. The molecule has 0 aliphatic carbocycles. The molecule has 0 radical (unpaired) electrons. The van der Waals surface area contributed by atoms with E-state index in [2.05, 4.69) is 0 Å². The second-order valence-corrected chi connectivity index (χ2v) is 8.60. The van der Waals surface area contributed by atoms with Crippen LogP contribution < -0.4 is 10.5 Å². The molecule has 2 amide bonds. The number of hydrogen-bond donors (Lipinski definition) is 1. The number of amides is 2. The number of hydrogen-bond acceptors (Lipinski definition) is 6. The Morgan fingerprint density at radius 3 is 2.69 bits per heavy atom. The van der Waals surface area contributed by atoms with Crippen molar-refractivity contribution in [3.05, 3.63) is 28.8 Å². The molecule has 1 atom stereocenters. The monoisotopic (exact) mass is 404 g/mol. The molecule has 1 aromatic carbocycles. The number of rotatable bonds is 8. The number of halogens is 1. The van der Waals surface area contributed by atoms with E-state index in [-0.39, 0.29) is 42.6 Å². The zero-order valence-corrected chi connectivity index (χ0v) is 15.9. The number of ether oxygens (including phenoxy) is 2. The van der Waals surface area contributed by atoms with Crippen LogP contribution in [0, 0.1) is 0 Å². The van der Waals surface area contributed by atoms with Gasteiger partial charge in [0, 0.05) is 24.7 Å². The maximum absolute atomic E-state index is 12.6. The molecule has 0 spiro atoms. The number of methoxy groups -OCH3 is 1. The summed E-state index contributed by atoms with van der Waals surface area (Å²) < 4.78 is 33.9. The predicted molar refractivity (Wildman–Crippen MR) is 96.1 cm³/mol. The van der Waals surface area contributed by atoms with Crippen molar-refractivity contribution in [1.29, 1.82) is 0 Å². The van der Waals surface area contributed by atoms with Crippen LogP contribution in [0.25, 0.3) is 0 Å². The lowest BCUT2D eigenvalue weighted by molar-refractivity contribution is -0.136. The lowest BCUT2D eigenvalue weighted by atomic mass is 10.2. The first kappa shape index (κ1) is 20.5. The summed E-state index contributed by atoms with van der Waals surface area (Å²) >= 11 is 5.83. The molecule has 1 aliphatic heterocycles. The second kappa shape index (κ2) is 8.70. The van der Waals surface area contributed by atoms with Crippen LogP contribution in [0.4, 0.5) is 0 Å². The van der Waals surface area contributed by atoms with Gasteiger partial charge in [-0.05, 0) is 24.6 Å². The van der Waals surface area contributed by atoms with Gasteiger partial charge in [0.25, 0.3) is 11.8 Å². The summed E-state index contributed by atoms with van der Waals surface area (Å²) in [6.45, 7) is 0.167. The fourth-order valence-electron chi connectivity index (χ4n) is 2.76. The van der Waals surface area contributed by atoms with Crippen molar-refractivity contribution in [2.75, 3.05) is 38.4 Å². The topological polar surface area (TPSA) is 116 Å². The van der Waals surface area contributed by atoms with Crippen LogP contribution >= 0.6 is 11.6 Å². The molecule has 0 bridgehead atoms. The largest absolute Gasteiger partial charge is 0.483 e. The lowest BCUT2D eigenvalue weighted by Crippen LogP contribution is -2.45. The summed E-state index contributed by atoms with van der Waals surface area (Å²) in [5, 5.41) is 0.315. The van der Waals surface area contributed by atoms with Crippen LogP contribution in [-0.2, 0) is 19.4 Å². The van der Waals surface area contributed by atoms with E-state index in [0.717, 1.165) is 0 Å². The number of carbonyl (C=O) groups excluding carboxylic acids is 2. The van der Waals surface area contributed by atoms with E-state index in [0.29, 0.717) is 11.4 Å². The number of primary amides is 1. The Kier molecular flexibility index (Phi) is 6.85. The number of nitrogens with two attached hydrogens (primary N) is 1. The average Bonchev–Trinajstić information content (AvgIpc) is 2.93. The summed E-state index contributed by atoms with van der Waals surface area (Å²) in [6, 6.07) is 3.91. The number of carbonyl (C=O) groups is 2. The third kappa shape index (κ3) is 5.33. The lowest BCUT2D eigenvalue weighted by Gasteiger charge is -2.28. The molecule has 2 N–H and O–H groups in total. The van der Waals surface area contributed by atoms with Gasteiger partial charge in [-0.1, -0.05) is 11.6 Å². The van der Waals surface area contributed by atoms with Crippen LogP contribution in [-0.4, -0.2) is 69.5 Å². The quantitative estimate of drug-likeness (QED) is 0.673. The SMILES string of the molecule is COCCN(C(=O)COc1ccc(Cl)cc1C(N)=O)[C@H]1CCS(=O)(=O)C1. The van der Waals surface area contributed by atoms with E-state index in [1.165, 1.54) is 30.2 Å². The first-order chi connectivity index (χ1) is 12.2. The van der Waals surface area contributed by atoms with Gasteiger partial charge in [-0.25, -0.2) is 8.42 Å². The van der Waals surface area contributed by atoms with Crippen molar-refractivity contribution in [3.63, 3.8) is 0 Å². The summed E-state index contributed by atoms with van der Waals surface area (Å²) in [7, 11) is -1.64. The van der Waals surface area contributed by atoms with E-state index in [4.69, 9.17) is 26.8 Å². The van der Waals surface area contributed by atoms with E-state index in [1.54, 1.807) is 0 Å². The Morgan fingerprint density at radius 2 is 2.12 bits per heavy atom. The minimum absolute atomic E-state index is 0.0539. The van der Waals surface area contributed by atoms with E-state index >= 15 is 0 Å². The average molecular weight is 405 g/mol. The van der Waals surface area contributed by atoms with E-state index in [1.807, 2.05) is 0 Å². The molecule has 2 rings (SSSR count). The van der Waals surface area contributed by atoms with Crippen molar-refractivity contribution in [2.45, 2.75) is 12.5 Å². The van der Waals surface area contributed by atoms with Gasteiger partial charge >= 0.3 is 0 Å². The van der Waals surface area contributed by atoms with Gasteiger partial charge in [-0.3, -0.25) is 9.59 Å². The van der Waals surface area contributed by atoms with Gasteiger partial charge < -0.3 is 20.1 Å². The van der Waals surface area contributed by atoms with Crippen LogP contribution in [0.5, 0.6) is 5.75 Å². The molecule has 26 heavy (non-hydrogen) atoms. The molecule has 0 unspecified atom stereocenters. The van der Waals surface area contributed by atoms with Crippen molar-refractivity contribution >= 4 is 33.3 Å². The molecular weight excluding hydrogens is 384 g/mol. The summed E-state index contributed by atoms with van der Waals surface area (Å²) in [5.74, 6) is -1.00. The number of nitrogens with zero attached hydrogens (tertiary/aromatic N) is 1. The third-order valence-corrected chi connectivity index (χ3v) is 6.05. The molecule has 1 fully saturated rings. The molecular formula is C16H21ClN2O6S. The van der Waals surface area contributed by atoms with Gasteiger partial charge in [0.1, 0.15) is 5.75 Å². The number of benzene rings is 1.